The van der Waals surface area contributed by atoms with Crippen LogP contribution in [0.1, 0.15) is 44.9 Å². The highest BCUT2D eigenvalue weighted by Crippen LogP contribution is 2.28. The summed E-state index contributed by atoms with van der Waals surface area (Å²) in [6.07, 6.45) is 6.12. The Hall–Kier alpha value is -1.55. The van der Waals surface area contributed by atoms with E-state index in [2.05, 4.69) is 17.6 Å². The molecule has 21 heavy (non-hydrogen) atoms. The predicted molar refractivity (Wildman–Crippen MR) is 86.1 cm³/mol. The van der Waals surface area contributed by atoms with E-state index in [9.17, 15) is 5.11 Å². The van der Waals surface area contributed by atoms with Gasteiger partial charge in [-0.15, -0.1) is 0 Å². The summed E-state index contributed by atoms with van der Waals surface area (Å²) < 4.78 is 2.38. The third-order valence-electron chi connectivity index (χ3n) is 4.58. The monoisotopic (exact) mass is 287 g/mol. The van der Waals surface area contributed by atoms with Crippen LogP contribution in [-0.4, -0.2) is 20.8 Å². The summed E-state index contributed by atoms with van der Waals surface area (Å²) in [6, 6.07) is 6.02. The minimum Gasteiger partial charge on any atom is -0.399 e. The first-order chi connectivity index (χ1) is 10.2. The van der Waals surface area contributed by atoms with Crippen LogP contribution in [0.25, 0.3) is 11.0 Å². The van der Waals surface area contributed by atoms with Crippen molar-refractivity contribution in [3.63, 3.8) is 0 Å². The van der Waals surface area contributed by atoms with Gasteiger partial charge in [0.05, 0.1) is 17.1 Å². The molecule has 3 rings (SSSR count). The van der Waals surface area contributed by atoms with Gasteiger partial charge in [0.25, 0.3) is 0 Å². The van der Waals surface area contributed by atoms with Crippen molar-refractivity contribution in [1.29, 1.82) is 0 Å². The Kier molecular flexibility index (Phi) is 4.15. The Morgan fingerprint density at radius 1 is 1.29 bits per heavy atom. The lowest BCUT2D eigenvalue weighted by Gasteiger charge is -2.26. The van der Waals surface area contributed by atoms with Crippen LogP contribution in [0, 0.1) is 5.92 Å². The quantitative estimate of drug-likeness (QED) is 0.849. The Balaban J connectivity index is 1.89. The lowest BCUT2D eigenvalue weighted by Crippen LogP contribution is -2.22. The number of aromatic nitrogens is 2. The normalized spacial score (nSPS) is 22.8. The van der Waals surface area contributed by atoms with E-state index < -0.39 is 0 Å². The van der Waals surface area contributed by atoms with Crippen LogP contribution >= 0.6 is 0 Å². The topological polar surface area (TPSA) is 64.1 Å². The Morgan fingerprint density at radius 3 is 2.76 bits per heavy atom. The molecule has 0 amide bonds. The van der Waals surface area contributed by atoms with E-state index in [4.69, 9.17) is 10.7 Å². The number of nitrogen functional groups attached to an aromatic ring is 1. The second-order valence-electron chi connectivity index (χ2n) is 6.31. The maximum Gasteiger partial charge on any atom is 0.109 e. The van der Waals surface area contributed by atoms with Gasteiger partial charge < -0.3 is 15.4 Å². The molecule has 1 fully saturated rings. The fourth-order valence-electron chi connectivity index (χ4n) is 3.40. The van der Waals surface area contributed by atoms with E-state index in [1.807, 2.05) is 12.1 Å². The van der Waals surface area contributed by atoms with Crippen LogP contribution in [0.2, 0.25) is 0 Å². The lowest BCUT2D eigenvalue weighted by molar-refractivity contribution is 0.104. The van der Waals surface area contributed by atoms with E-state index in [1.54, 1.807) is 0 Å². The smallest absolute Gasteiger partial charge is 0.109 e. The molecule has 0 aliphatic heterocycles. The van der Waals surface area contributed by atoms with Gasteiger partial charge in [-0.2, -0.15) is 0 Å². The summed E-state index contributed by atoms with van der Waals surface area (Å²) in [7, 11) is 0. The van der Waals surface area contributed by atoms with Crippen LogP contribution in [-0.2, 0) is 13.0 Å². The van der Waals surface area contributed by atoms with Crippen molar-refractivity contribution in [3.8, 4) is 0 Å². The summed E-state index contributed by atoms with van der Waals surface area (Å²) in [6.45, 7) is 3.21. The number of hydrogen-bond donors (Lipinski definition) is 2. The van der Waals surface area contributed by atoms with Gasteiger partial charge in [-0.25, -0.2) is 4.98 Å². The standard InChI is InChI=1S/C17H25N3O/c1-2-3-17-19-15-10-13(18)6-9-16(15)20(17)11-12-4-7-14(21)8-5-12/h6,9-10,12,14,21H,2-5,7-8,11,18H2,1H3. The minimum absolute atomic E-state index is 0.0873. The van der Waals surface area contributed by atoms with Crippen molar-refractivity contribution >= 4 is 16.7 Å². The van der Waals surface area contributed by atoms with Gasteiger partial charge in [0.1, 0.15) is 5.82 Å². The number of hydrogen-bond acceptors (Lipinski definition) is 3. The maximum absolute atomic E-state index is 9.66. The molecule has 1 heterocycles. The number of fused-ring (bicyclic) bond motifs is 1. The van der Waals surface area contributed by atoms with Gasteiger partial charge in [0.2, 0.25) is 0 Å². The van der Waals surface area contributed by atoms with Crippen molar-refractivity contribution in [2.75, 3.05) is 5.73 Å². The zero-order chi connectivity index (χ0) is 14.8. The molecule has 3 N–H and O–H groups in total. The number of anilines is 1. The lowest BCUT2D eigenvalue weighted by atomic mass is 9.87. The molecule has 4 heteroatoms. The second kappa shape index (κ2) is 6.06. The fraction of sp³-hybridized carbons (Fsp3) is 0.588. The first kappa shape index (κ1) is 14.4. The average Bonchev–Trinajstić information content (AvgIpc) is 2.79. The summed E-state index contributed by atoms with van der Waals surface area (Å²) in [5, 5.41) is 9.66. The number of benzene rings is 1. The van der Waals surface area contributed by atoms with Crippen LogP contribution in [0.4, 0.5) is 5.69 Å². The molecule has 0 spiro atoms. The second-order valence-corrected chi connectivity index (χ2v) is 6.31. The fourth-order valence-corrected chi connectivity index (χ4v) is 3.40. The van der Waals surface area contributed by atoms with E-state index in [0.29, 0.717) is 5.92 Å². The van der Waals surface area contributed by atoms with Gasteiger partial charge in [0.15, 0.2) is 0 Å². The van der Waals surface area contributed by atoms with Crippen molar-refractivity contribution in [3.05, 3.63) is 24.0 Å². The van der Waals surface area contributed by atoms with E-state index >= 15 is 0 Å². The largest absolute Gasteiger partial charge is 0.399 e. The van der Waals surface area contributed by atoms with Gasteiger partial charge >= 0.3 is 0 Å². The maximum atomic E-state index is 9.66. The molecule has 1 aromatic carbocycles. The Morgan fingerprint density at radius 2 is 2.05 bits per heavy atom. The summed E-state index contributed by atoms with van der Waals surface area (Å²) in [5.41, 5.74) is 8.86. The highest BCUT2D eigenvalue weighted by atomic mass is 16.3. The molecule has 1 aromatic heterocycles. The SMILES string of the molecule is CCCc1nc2cc(N)ccc2n1CC1CCC(O)CC1. The van der Waals surface area contributed by atoms with Gasteiger partial charge in [-0.3, -0.25) is 0 Å². The molecule has 1 aliphatic rings. The number of nitrogens with two attached hydrogens (primary N) is 1. The molecular formula is C17H25N3O. The number of aliphatic hydroxyl groups excluding tert-OH is 1. The molecule has 0 bridgehead atoms. The summed E-state index contributed by atoms with van der Waals surface area (Å²) in [4.78, 5) is 4.78. The van der Waals surface area contributed by atoms with Crippen molar-refractivity contribution in [1.82, 2.24) is 9.55 Å². The first-order valence-corrected chi connectivity index (χ1v) is 8.10. The average molecular weight is 287 g/mol. The summed E-state index contributed by atoms with van der Waals surface area (Å²) in [5.74, 6) is 1.82. The zero-order valence-electron chi connectivity index (χ0n) is 12.8. The number of imidazole rings is 1. The van der Waals surface area contributed by atoms with E-state index in [-0.39, 0.29) is 6.10 Å². The number of aliphatic hydroxyl groups is 1. The molecule has 0 unspecified atom stereocenters. The molecule has 114 valence electrons. The van der Waals surface area contributed by atoms with Crippen molar-refractivity contribution < 1.29 is 5.11 Å². The molecule has 0 saturated heterocycles. The van der Waals surface area contributed by atoms with Crippen molar-refractivity contribution in [2.45, 2.75) is 58.1 Å². The van der Waals surface area contributed by atoms with Crippen LogP contribution < -0.4 is 5.73 Å². The first-order valence-electron chi connectivity index (χ1n) is 8.10. The van der Waals surface area contributed by atoms with Crippen molar-refractivity contribution in [2.24, 2.45) is 5.92 Å². The molecule has 0 atom stereocenters. The highest BCUT2D eigenvalue weighted by molar-refractivity contribution is 5.79. The number of nitrogens with zero attached hydrogens (tertiary/aromatic N) is 2. The molecule has 2 aromatic rings. The van der Waals surface area contributed by atoms with E-state index in [1.165, 1.54) is 11.3 Å². The van der Waals surface area contributed by atoms with Gasteiger partial charge in [-0.1, -0.05) is 6.92 Å². The molecule has 1 saturated carbocycles. The minimum atomic E-state index is -0.0873. The predicted octanol–water partition coefficient (Wildman–Crippen LogP) is 3.12. The van der Waals surface area contributed by atoms with Crippen LogP contribution in [0.3, 0.4) is 0 Å². The highest BCUT2D eigenvalue weighted by Gasteiger charge is 2.21. The Labute approximate surface area is 126 Å². The molecule has 4 nitrogen and oxygen atoms in total. The van der Waals surface area contributed by atoms with Gasteiger partial charge in [-0.05, 0) is 56.2 Å². The third kappa shape index (κ3) is 3.05. The molecule has 1 aliphatic carbocycles. The summed E-state index contributed by atoms with van der Waals surface area (Å²) >= 11 is 0. The number of aryl methyl sites for hydroxylation is 1. The van der Waals surface area contributed by atoms with E-state index in [0.717, 1.165) is 56.3 Å². The zero-order valence-corrected chi connectivity index (χ0v) is 12.8. The molecule has 0 radical (unpaired) electrons. The van der Waals surface area contributed by atoms with Gasteiger partial charge in [0, 0.05) is 18.7 Å². The number of rotatable bonds is 4. The van der Waals surface area contributed by atoms with Crippen LogP contribution in [0.15, 0.2) is 18.2 Å². The third-order valence-corrected chi connectivity index (χ3v) is 4.58. The van der Waals surface area contributed by atoms with Crippen LogP contribution in [0.5, 0.6) is 0 Å². The Bertz CT molecular complexity index is 612. The molecular weight excluding hydrogens is 262 g/mol.